The molecule has 0 amide bonds. The number of hydrogen-bond acceptors (Lipinski definition) is 3. The molecule has 0 spiro atoms. The minimum Gasteiger partial charge on any atom is -0.396 e. The van der Waals surface area contributed by atoms with E-state index in [0.717, 1.165) is 0 Å². The van der Waals surface area contributed by atoms with E-state index in [0.29, 0.717) is 10.6 Å². The van der Waals surface area contributed by atoms with Crippen LogP contribution in [-0.4, -0.2) is 17.5 Å². The lowest BCUT2D eigenvalue weighted by Gasteiger charge is -2.03. The van der Waals surface area contributed by atoms with Crippen LogP contribution in [0.2, 0.25) is 0 Å². The fraction of sp³-hybridized carbons (Fsp3) is 0.250. The molecule has 1 aromatic rings. The Morgan fingerprint density at radius 2 is 2.25 bits per heavy atom. The molecule has 0 saturated heterocycles. The third-order valence-electron chi connectivity index (χ3n) is 1.36. The molecule has 4 heteroatoms. The van der Waals surface area contributed by atoms with Gasteiger partial charge in [0.2, 0.25) is 0 Å². The zero-order valence-corrected chi connectivity index (χ0v) is 7.27. The zero-order chi connectivity index (χ0) is 8.97. The van der Waals surface area contributed by atoms with Gasteiger partial charge >= 0.3 is 0 Å². The predicted octanol–water partition coefficient (Wildman–Crippen LogP) is 1.49. The summed E-state index contributed by atoms with van der Waals surface area (Å²) in [6, 6.07) is 4.66. The number of hydrogen-bond donors (Lipinski definition) is 2. The van der Waals surface area contributed by atoms with Crippen molar-refractivity contribution in [3.05, 3.63) is 24.0 Å². The first-order valence-electron chi connectivity index (χ1n) is 3.53. The second-order valence-corrected chi connectivity index (χ2v) is 3.36. The Morgan fingerprint density at radius 1 is 1.50 bits per heavy atom. The van der Waals surface area contributed by atoms with E-state index in [1.54, 1.807) is 12.1 Å². The lowest BCUT2D eigenvalue weighted by molar-refractivity contribution is 0.322. The Bertz CT molecular complexity index is 267. The number of rotatable bonds is 3. The molecule has 66 valence electrons. The highest BCUT2D eigenvalue weighted by atomic mass is 32.2. The number of nitrogens with two attached hydrogens (primary N) is 1. The maximum atomic E-state index is 12.8. The Balaban J connectivity index is 2.78. The van der Waals surface area contributed by atoms with Gasteiger partial charge in [0.15, 0.2) is 0 Å². The van der Waals surface area contributed by atoms with E-state index in [4.69, 9.17) is 10.8 Å². The number of aliphatic hydroxyl groups excluding tert-OH is 1. The first-order valence-corrected chi connectivity index (χ1v) is 4.52. The molecule has 1 aromatic carbocycles. The quantitative estimate of drug-likeness (QED) is 0.556. The van der Waals surface area contributed by atoms with Crippen LogP contribution < -0.4 is 5.73 Å². The molecule has 0 aliphatic rings. The van der Waals surface area contributed by atoms with E-state index >= 15 is 0 Å². The van der Waals surface area contributed by atoms with E-state index in [-0.39, 0.29) is 12.3 Å². The lowest BCUT2D eigenvalue weighted by atomic mass is 10.3. The summed E-state index contributed by atoms with van der Waals surface area (Å²) in [5.41, 5.74) is 5.61. The van der Waals surface area contributed by atoms with Crippen molar-refractivity contribution in [2.24, 2.45) is 0 Å². The second-order valence-electron chi connectivity index (χ2n) is 2.22. The van der Waals surface area contributed by atoms with Gasteiger partial charge < -0.3 is 10.8 Å². The average molecular weight is 187 g/mol. The third-order valence-corrected chi connectivity index (χ3v) is 2.42. The van der Waals surface area contributed by atoms with Crippen LogP contribution in [0.15, 0.2) is 23.1 Å². The van der Waals surface area contributed by atoms with Crippen molar-refractivity contribution in [1.82, 2.24) is 0 Å². The molecule has 2 nitrogen and oxygen atoms in total. The van der Waals surface area contributed by atoms with Crippen LogP contribution in [0.1, 0.15) is 0 Å². The van der Waals surface area contributed by atoms with Crippen LogP contribution >= 0.6 is 11.8 Å². The summed E-state index contributed by atoms with van der Waals surface area (Å²) >= 11 is 1.35. The van der Waals surface area contributed by atoms with Crippen molar-refractivity contribution < 1.29 is 9.50 Å². The molecule has 0 fully saturated rings. The summed E-state index contributed by atoms with van der Waals surface area (Å²) < 4.78 is 12.8. The first-order chi connectivity index (χ1) is 5.75. The Labute approximate surface area is 74.6 Å². The monoisotopic (exact) mass is 187 g/mol. The molecule has 3 N–H and O–H groups in total. The van der Waals surface area contributed by atoms with Gasteiger partial charge in [-0.3, -0.25) is 0 Å². The molecular formula is C8H10FNOS. The molecule has 0 aromatic heterocycles. The van der Waals surface area contributed by atoms with Crippen molar-refractivity contribution in [1.29, 1.82) is 0 Å². The molecule has 0 heterocycles. The van der Waals surface area contributed by atoms with Crippen molar-refractivity contribution in [2.75, 3.05) is 18.1 Å². The highest BCUT2D eigenvalue weighted by molar-refractivity contribution is 7.99. The van der Waals surface area contributed by atoms with Crippen LogP contribution in [0.4, 0.5) is 10.1 Å². The molecule has 0 aliphatic carbocycles. The normalized spacial score (nSPS) is 10.2. The number of benzene rings is 1. The van der Waals surface area contributed by atoms with Crippen LogP contribution in [0.25, 0.3) is 0 Å². The number of nitrogen functional groups attached to an aromatic ring is 1. The largest absolute Gasteiger partial charge is 0.396 e. The van der Waals surface area contributed by atoms with Gasteiger partial charge in [0.25, 0.3) is 0 Å². The summed E-state index contributed by atoms with van der Waals surface area (Å²) in [7, 11) is 0. The lowest BCUT2D eigenvalue weighted by Crippen LogP contribution is -1.94. The first kappa shape index (κ1) is 9.35. The number of thioether (sulfide) groups is 1. The summed E-state index contributed by atoms with van der Waals surface area (Å²) in [5, 5.41) is 8.53. The van der Waals surface area contributed by atoms with Crippen LogP contribution in [0.5, 0.6) is 0 Å². The van der Waals surface area contributed by atoms with Gasteiger partial charge in [0.1, 0.15) is 5.82 Å². The number of para-hydroxylation sites is 1. The topological polar surface area (TPSA) is 46.2 Å². The van der Waals surface area contributed by atoms with Crippen molar-refractivity contribution in [3.63, 3.8) is 0 Å². The maximum Gasteiger partial charge on any atom is 0.147 e. The van der Waals surface area contributed by atoms with Crippen molar-refractivity contribution in [2.45, 2.75) is 4.90 Å². The molecule has 0 atom stereocenters. The smallest absolute Gasteiger partial charge is 0.147 e. The fourth-order valence-corrected chi connectivity index (χ4v) is 1.54. The molecule has 0 bridgehead atoms. The minimum absolute atomic E-state index is 0.0701. The van der Waals surface area contributed by atoms with E-state index in [9.17, 15) is 4.39 Å². The highest BCUT2D eigenvalue weighted by Crippen LogP contribution is 2.26. The molecule has 0 saturated carbocycles. The van der Waals surface area contributed by atoms with Crippen molar-refractivity contribution in [3.8, 4) is 0 Å². The maximum absolute atomic E-state index is 12.8. The molecule has 12 heavy (non-hydrogen) atoms. The second kappa shape index (κ2) is 4.33. The molecule has 1 rings (SSSR count). The van der Waals surface area contributed by atoms with Gasteiger partial charge in [-0.2, -0.15) is 0 Å². The summed E-state index contributed by atoms with van der Waals surface area (Å²) in [6.07, 6.45) is 0. The predicted molar refractivity (Wildman–Crippen MR) is 48.6 cm³/mol. The van der Waals surface area contributed by atoms with E-state index in [2.05, 4.69) is 0 Å². The van der Waals surface area contributed by atoms with E-state index < -0.39 is 5.82 Å². The molecule has 0 aliphatic heterocycles. The van der Waals surface area contributed by atoms with Gasteiger partial charge in [-0.25, -0.2) is 4.39 Å². The Kier molecular flexibility index (Phi) is 3.37. The standard InChI is InChI=1S/C8H10FNOS/c9-6-2-1-3-7(8(6)10)12-5-4-11/h1-3,11H,4-5,10H2. The summed E-state index contributed by atoms with van der Waals surface area (Å²) in [6.45, 7) is 0.0701. The Hall–Kier alpha value is -0.740. The number of aliphatic hydroxyl groups is 1. The third kappa shape index (κ3) is 2.12. The van der Waals surface area contributed by atoms with E-state index in [1.807, 2.05) is 0 Å². The number of halogens is 1. The van der Waals surface area contributed by atoms with Gasteiger partial charge in [-0.05, 0) is 12.1 Å². The Morgan fingerprint density at radius 3 is 2.92 bits per heavy atom. The van der Waals surface area contributed by atoms with Crippen molar-refractivity contribution >= 4 is 17.4 Å². The minimum atomic E-state index is -0.405. The SMILES string of the molecule is Nc1c(F)cccc1SCCO. The van der Waals surface area contributed by atoms with E-state index in [1.165, 1.54) is 17.8 Å². The van der Waals surface area contributed by atoms with Gasteiger partial charge in [0, 0.05) is 10.6 Å². The molecule has 0 unspecified atom stereocenters. The van der Waals surface area contributed by atoms with Gasteiger partial charge in [-0.1, -0.05) is 6.07 Å². The van der Waals surface area contributed by atoms with Gasteiger partial charge in [-0.15, -0.1) is 11.8 Å². The highest BCUT2D eigenvalue weighted by Gasteiger charge is 2.03. The zero-order valence-electron chi connectivity index (χ0n) is 6.46. The summed E-state index contributed by atoms with van der Waals surface area (Å²) in [4.78, 5) is 0.684. The average Bonchev–Trinajstić information content (AvgIpc) is 2.08. The van der Waals surface area contributed by atoms with Gasteiger partial charge in [0.05, 0.1) is 12.3 Å². The molecular weight excluding hydrogens is 177 g/mol. The van der Waals surface area contributed by atoms with Crippen LogP contribution in [0, 0.1) is 5.82 Å². The van der Waals surface area contributed by atoms with Crippen LogP contribution in [0.3, 0.4) is 0 Å². The fourth-order valence-electron chi connectivity index (χ4n) is 0.799. The summed E-state index contributed by atoms with van der Waals surface area (Å²) in [5.74, 6) is 0.131. The number of anilines is 1. The molecule has 0 radical (unpaired) electrons. The van der Waals surface area contributed by atoms with Crippen LogP contribution in [-0.2, 0) is 0 Å².